The molecule has 4 rings (SSSR count). The minimum atomic E-state index is -0.249. The van der Waals surface area contributed by atoms with Crippen LogP contribution >= 0.6 is 0 Å². The van der Waals surface area contributed by atoms with Crippen LogP contribution in [0.25, 0.3) is 27.7 Å². The van der Waals surface area contributed by atoms with Gasteiger partial charge in [0.1, 0.15) is 0 Å². The van der Waals surface area contributed by atoms with Crippen LogP contribution in [0.15, 0.2) is 47.6 Å². The van der Waals surface area contributed by atoms with Gasteiger partial charge in [-0.3, -0.25) is 9.98 Å². The van der Waals surface area contributed by atoms with Gasteiger partial charge in [-0.05, 0) is 66.6 Å². The summed E-state index contributed by atoms with van der Waals surface area (Å²) in [4.78, 5) is 9.19. The molecule has 3 heterocycles. The number of methoxy groups -OCH3 is 1. The molecule has 174 valence electrons. The van der Waals surface area contributed by atoms with Gasteiger partial charge in [-0.1, -0.05) is 26.0 Å². The monoisotopic (exact) mass is 445 g/mol. The number of fused-ring (bicyclic) bond motifs is 1. The van der Waals surface area contributed by atoms with Gasteiger partial charge in [0.15, 0.2) is 0 Å². The van der Waals surface area contributed by atoms with Gasteiger partial charge in [-0.25, -0.2) is 0 Å². The molecular weight excluding hydrogens is 410 g/mol. The number of aliphatic imine (C=N–C) groups is 1. The summed E-state index contributed by atoms with van der Waals surface area (Å²) in [6, 6.07) is 10.9. The Morgan fingerprint density at radius 1 is 1.24 bits per heavy atom. The number of rotatable bonds is 8. The summed E-state index contributed by atoms with van der Waals surface area (Å²) in [7, 11) is 1.72. The van der Waals surface area contributed by atoms with Crippen molar-refractivity contribution in [2.45, 2.75) is 53.2 Å². The van der Waals surface area contributed by atoms with E-state index in [9.17, 15) is 5.11 Å². The second kappa shape index (κ2) is 9.62. The maximum Gasteiger partial charge on any atom is 0.0969 e. The van der Waals surface area contributed by atoms with E-state index in [0.717, 1.165) is 37.2 Å². The zero-order valence-corrected chi connectivity index (χ0v) is 20.4. The van der Waals surface area contributed by atoms with Crippen LogP contribution < -0.4 is 0 Å². The summed E-state index contributed by atoms with van der Waals surface area (Å²) in [5.41, 5.74) is 7.91. The van der Waals surface area contributed by atoms with Crippen LogP contribution in [-0.4, -0.2) is 41.1 Å². The van der Waals surface area contributed by atoms with Gasteiger partial charge in [-0.2, -0.15) is 0 Å². The quantitative estimate of drug-likeness (QED) is 0.473. The van der Waals surface area contributed by atoms with E-state index in [1.54, 1.807) is 7.11 Å². The van der Waals surface area contributed by atoms with Gasteiger partial charge >= 0.3 is 0 Å². The molecule has 2 aromatic heterocycles. The van der Waals surface area contributed by atoms with Crippen LogP contribution in [0.2, 0.25) is 0 Å². The van der Waals surface area contributed by atoms with Crippen molar-refractivity contribution in [3.05, 3.63) is 59.4 Å². The minimum Gasteiger partial charge on any atom is -0.396 e. The van der Waals surface area contributed by atoms with Crippen molar-refractivity contribution in [1.82, 2.24) is 9.55 Å². The van der Waals surface area contributed by atoms with Crippen LogP contribution in [0.3, 0.4) is 0 Å². The Labute approximate surface area is 196 Å². The van der Waals surface area contributed by atoms with E-state index in [4.69, 9.17) is 9.72 Å². The molecule has 0 unspecified atom stereocenters. The number of ether oxygens (including phenoxy) is 1. The highest BCUT2D eigenvalue weighted by Gasteiger charge is 2.27. The minimum absolute atomic E-state index is 0.121. The van der Waals surface area contributed by atoms with E-state index in [0.29, 0.717) is 0 Å². The number of aliphatic hydroxyl groups is 1. The maximum absolute atomic E-state index is 10.1. The molecule has 1 N–H and O–H groups in total. The number of aliphatic hydroxyl groups excluding tert-OH is 1. The molecule has 33 heavy (non-hydrogen) atoms. The van der Waals surface area contributed by atoms with Gasteiger partial charge in [0.05, 0.1) is 24.0 Å². The molecule has 1 atom stereocenters. The normalized spacial score (nSPS) is 15.2. The Hall–Kier alpha value is -2.76. The summed E-state index contributed by atoms with van der Waals surface area (Å²) in [6.07, 6.45) is 7.60. The predicted octanol–water partition coefficient (Wildman–Crippen LogP) is 5.85. The molecule has 5 heteroatoms. The fourth-order valence-corrected chi connectivity index (χ4v) is 4.73. The topological polar surface area (TPSA) is 59.6 Å². The lowest BCUT2D eigenvalue weighted by Crippen LogP contribution is -2.20. The van der Waals surface area contributed by atoms with Crippen molar-refractivity contribution >= 4 is 22.7 Å². The molecule has 0 bridgehead atoms. The molecule has 0 saturated heterocycles. The van der Waals surface area contributed by atoms with E-state index in [-0.39, 0.29) is 18.1 Å². The molecule has 0 radical (unpaired) electrons. The summed E-state index contributed by atoms with van der Waals surface area (Å²) >= 11 is 0. The standard InChI is InChI=1S/C28H35N3O2/c1-6-31-25-12-11-20(21-9-7-13-29-17-21)15-23(25)24(16-28(3,4)18-32)27(31)22-10-8-14-30-26(22)19(2)33-5/h8-15,19,32H,6-7,16-18H2,1-5H3/t19-/m0/s1. The van der Waals surface area contributed by atoms with Crippen molar-refractivity contribution in [2.75, 3.05) is 20.3 Å². The Kier molecular flexibility index (Phi) is 6.82. The molecule has 3 aromatic rings. The molecule has 0 amide bonds. The van der Waals surface area contributed by atoms with Crippen LogP contribution in [0.5, 0.6) is 0 Å². The van der Waals surface area contributed by atoms with Crippen LogP contribution in [0.1, 0.15) is 57.0 Å². The summed E-state index contributed by atoms with van der Waals surface area (Å²) in [6.45, 7) is 10.2. The lowest BCUT2D eigenvalue weighted by molar-refractivity contribution is 0.116. The van der Waals surface area contributed by atoms with Crippen LogP contribution in [0.4, 0.5) is 0 Å². The van der Waals surface area contributed by atoms with Crippen molar-refractivity contribution < 1.29 is 9.84 Å². The molecule has 5 nitrogen and oxygen atoms in total. The van der Waals surface area contributed by atoms with E-state index in [2.05, 4.69) is 60.7 Å². The number of nitrogens with zero attached hydrogens (tertiary/aromatic N) is 3. The summed E-state index contributed by atoms with van der Waals surface area (Å²) < 4.78 is 8.06. The summed E-state index contributed by atoms with van der Waals surface area (Å²) in [5.74, 6) is 0. The zero-order valence-electron chi connectivity index (χ0n) is 20.4. The third kappa shape index (κ3) is 4.53. The van der Waals surface area contributed by atoms with Crippen molar-refractivity contribution in [3.8, 4) is 11.3 Å². The van der Waals surface area contributed by atoms with Crippen molar-refractivity contribution in [3.63, 3.8) is 0 Å². The van der Waals surface area contributed by atoms with Crippen LogP contribution in [-0.2, 0) is 17.7 Å². The Morgan fingerprint density at radius 2 is 2.06 bits per heavy atom. The van der Waals surface area contributed by atoms with Crippen molar-refractivity contribution in [2.24, 2.45) is 10.4 Å². The number of pyridine rings is 1. The number of dihydropyridines is 1. The maximum atomic E-state index is 10.1. The smallest absolute Gasteiger partial charge is 0.0969 e. The van der Waals surface area contributed by atoms with E-state index in [1.807, 2.05) is 25.4 Å². The molecule has 0 aliphatic carbocycles. The summed E-state index contributed by atoms with van der Waals surface area (Å²) in [5, 5.41) is 11.4. The van der Waals surface area contributed by atoms with Gasteiger partial charge in [0.2, 0.25) is 0 Å². The van der Waals surface area contributed by atoms with Gasteiger partial charge in [0, 0.05) is 55.6 Å². The highest BCUT2D eigenvalue weighted by molar-refractivity contribution is 5.95. The predicted molar refractivity (Wildman–Crippen MR) is 137 cm³/mol. The molecule has 0 saturated carbocycles. The largest absolute Gasteiger partial charge is 0.396 e. The number of aromatic nitrogens is 2. The highest BCUT2D eigenvalue weighted by atomic mass is 16.5. The second-order valence-corrected chi connectivity index (χ2v) is 9.60. The molecule has 0 spiro atoms. The lowest BCUT2D eigenvalue weighted by atomic mass is 9.84. The SMILES string of the molecule is CCn1c(-c2cccnc2[C@H](C)OC)c(CC(C)(C)CO)c2cc(C3=CCC=NC3)ccc21. The molecule has 1 aliphatic rings. The second-order valence-electron chi connectivity index (χ2n) is 9.60. The Morgan fingerprint density at radius 3 is 2.73 bits per heavy atom. The van der Waals surface area contributed by atoms with Gasteiger partial charge < -0.3 is 14.4 Å². The number of hydrogen-bond acceptors (Lipinski definition) is 4. The van der Waals surface area contributed by atoms with E-state index in [1.165, 1.54) is 33.3 Å². The fourth-order valence-electron chi connectivity index (χ4n) is 4.73. The van der Waals surface area contributed by atoms with E-state index < -0.39 is 0 Å². The van der Waals surface area contributed by atoms with Gasteiger partial charge in [-0.15, -0.1) is 0 Å². The third-order valence-corrected chi connectivity index (χ3v) is 6.63. The molecule has 0 fully saturated rings. The Bertz CT molecular complexity index is 1200. The van der Waals surface area contributed by atoms with Crippen molar-refractivity contribution in [1.29, 1.82) is 0 Å². The van der Waals surface area contributed by atoms with Gasteiger partial charge in [0.25, 0.3) is 0 Å². The lowest BCUT2D eigenvalue weighted by Gasteiger charge is -2.23. The number of hydrogen-bond donors (Lipinski definition) is 1. The third-order valence-electron chi connectivity index (χ3n) is 6.63. The zero-order chi connectivity index (χ0) is 23.6. The average molecular weight is 446 g/mol. The first-order valence-electron chi connectivity index (χ1n) is 11.8. The first kappa shape index (κ1) is 23.4. The average Bonchev–Trinajstić information content (AvgIpc) is 3.15. The molecular formula is C28H35N3O2. The number of allylic oxidation sites excluding steroid dienone is 1. The first-order chi connectivity index (χ1) is 15.9. The fraction of sp³-hybridized carbons (Fsp3) is 0.429. The van der Waals surface area contributed by atoms with Crippen LogP contribution in [0, 0.1) is 5.41 Å². The highest BCUT2D eigenvalue weighted by Crippen LogP contribution is 2.41. The molecule has 1 aliphatic heterocycles. The number of benzene rings is 1. The Balaban J connectivity index is 2.02. The molecule has 1 aromatic carbocycles. The number of aryl methyl sites for hydroxylation is 1. The van der Waals surface area contributed by atoms with E-state index >= 15 is 0 Å². The first-order valence-corrected chi connectivity index (χ1v) is 11.8.